The Labute approximate surface area is 123 Å². The molecule has 1 aromatic rings. The number of benzene rings is 1. The molecule has 6 heteroatoms. The molecule has 0 saturated heterocycles. The predicted molar refractivity (Wildman–Crippen MR) is 75.5 cm³/mol. The third-order valence-corrected chi connectivity index (χ3v) is 2.80. The predicted octanol–water partition coefficient (Wildman–Crippen LogP) is 3.70. The number of nitrogens with one attached hydrogen (secondary N) is 1. The minimum Gasteiger partial charge on any atom is -0.491 e. The van der Waals surface area contributed by atoms with Crippen molar-refractivity contribution in [3.05, 3.63) is 29.8 Å². The average Bonchev–Trinajstić information content (AvgIpc) is 2.37. The number of rotatable bonds is 8. The molecule has 21 heavy (non-hydrogen) atoms. The molecule has 0 aliphatic rings. The smallest absolute Gasteiger partial charge is 0.411 e. The van der Waals surface area contributed by atoms with Gasteiger partial charge in [-0.2, -0.15) is 13.2 Å². The molecule has 0 spiro atoms. The van der Waals surface area contributed by atoms with E-state index in [1.165, 1.54) is 0 Å². The SMILES string of the molecule is CNC(CCOCC(F)(F)F)c1cccc(OC(C)C)c1. The number of hydrogen-bond acceptors (Lipinski definition) is 3. The van der Waals surface area contributed by atoms with Gasteiger partial charge in [0.25, 0.3) is 0 Å². The van der Waals surface area contributed by atoms with Crippen LogP contribution in [0, 0.1) is 0 Å². The first-order valence-corrected chi connectivity index (χ1v) is 6.90. The van der Waals surface area contributed by atoms with Gasteiger partial charge in [-0.05, 0) is 45.0 Å². The van der Waals surface area contributed by atoms with Crippen LogP contribution in [0.3, 0.4) is 0 Å². The Balaban J connectivity index is 2.55. The molecule has 0 radical (unpaired) electrons. The van der Waals surface area contributed by atoms with E-state index in [4.69, 9.17) is 4.74 Å². The van der Waals surface area contributed by atoms with Gasteiger partial charge in [0.15, 0.2) is 0 Å². The van der Waals surface area contributed by atoms with Gasteiger partial charge in [-0.25, -0.2) is 0 Å². The van der Waals surface area contributed by atoms with E-state index in [-0.39, 0.29) is 18.8 Å². The summed E-state index contributed by atoms with van der Waals surface area (Å²) in [6, 6.07) is 7.46. The Morgan fingerprint density at radius 1 is 1.24 bits per heavy atom. The van der Waals surface area contributed by atoms with Crippen LogP contribution in [-0.2, 0) is 4.74 Å². The van der Waals surface area contributed by atoms with E-state index in [9.17, 15) is 13.2 Å². The molecule has 3 nitrogen and oxygen atoms in total. The first-order chi connectivity index (χ1) is 9.81. The maximum Gasteiger partial charge on any atom is 0.411 e. The highest BCUT2D eigenvalue weighted by Crippen LogP contribution is 2.23. The molecule has 0 bridgehead atoms. The summed E-state index contributed by atoms with van der Waals surface area (Å²) in [5.74, 6) is 0.749. The molecular weight excluding hydrogens is 283 g/mol. The summed E-state index contributed by atoms with van der Waals surface area (Å²) in [5.41, 5.74) is 0.964. The normalized spacial score (nSPS) is 13.5. The zero-order chi connectivity index (χ0) is 15.9. The quantitative estimate of drug-likeness (QED) is 0.743. The van der Waals surface area contributed by atoms with Crippen molar-refractivity contribution in [2.24, 2.45) is 0 Å². The highest BCUT2D eigenvalue weighted by atomic mass is 19.4. The third kappa shape index (κ3) is 7.34. The standard InChI is InChI=1S/C15H22F3NO2/c1-11(2)21-13-6-4-5-12(9-13)14(19-3)7-8-20-10-15(16,17)18/h4-6,9,11,14,19H,7-8,10H2,1-3H3. The summed E-state index contributed by atoms with van der Waals surface area (Å²) >= 11 is 0. The summed E-state index contributed by atoms with van der Waals surface area (Å²) in [4.78, 5) is 0. The zero-order valence-corrected chi connectivity index (χ0v) is 12.5. The van der Waals surface area contributed by atoms with Crippen molar-refractivity contribution in [1.29, 1.82) is 0 Å². The molecule has 1 N–H and O–H groups in total. The molecule has 0 aromatic heterocycles. The zero-order valence-electron chi connectivity index (χ0n) is 12.5. The van der Waals surface area contributed by atoms with Gasteiger partial charge < -0.3 is 14.8 Å². The Kier molecular flexibility index (Phi) is 6.98. The van der Waals surface area contributed by atoms with E-state index in [1.54, 1.807) is 7.05 Å². The van der Waals surface area contributed by atoms with Crippen molar-refractivity contribution in [2.75, 3.05) is 20.3 Å². The van der Waals surface area contributed by atoms with E-state index in [0.29, 0.717) is 6.42 Å². The Morgan fingerprint density at radius 2 is 1.95 bits per heavy atom. The molecule has 1 atom stereocenters. The summed E-state index contributed by atoms with van der Waals surface area (Å²) in [5, 5.41) is 3.08. The monoisotopic (exact) mass is 305 g/mol. The fourth-order valence-corrected chi connectivity index (χ4v) is 1.94. The lowest BCUT2D eigenvalue weighted by Crippen LogP contribution is -2.21. The largest absolute Gasteiger partial charge is 0.491 e. The topological polar surface area (TPSA) is 30.5 Å². The van der Waals surface area contributed by atoms with Crippen molar-refractivity contribution in [3.63, 3.8) is 0 Å². The fourth-order valence-electron chi connectivity index (χ4n) is 1.94. The second-order valence-corrected chi connectivity index (χ2v) is 5.04. The number of alkyl halides is 3. The van der Waals surface area contributed by atoms with Crippen LogP contribution in [0.5, 0.6) is 5.75 Å². The van der Waals surface area contributed by atoms with Crippen LogP contribution in [0.4, 0.5) is 13.2 Å². The van der Waals surface area contributed by atoms with Crippen LogP contribution in [0.25, 0.3) is 0 Å². The highest BCUT2D eigenvalue weighted by molar-refractivity contribution is 5.30. The number of hydrogen-bond donors (Lipinski definition) is 1. The van der Waals surface area contributed by atoms with Crippen LogP contribution >= 0.6 is 0 Å². The molecular formula is C15H22F3NO2. The summed E-state index contributed by atoms with van der Waals surface area (Å²) in [6.07, 6.45) is -3.75. The maximum atomic E-state index is 12.0. The molecule has 0 aliphatic heterocycles. The molecule has 1 unspecified atom stereocenters. The van der Waals surface area contributed by atoms with E-state index in [0.717, 1.165) is 11.3 Å². The maximum absolute atomic E-state index is 12.0. The lowest BCUT2D eigenvalue weighted by molar-refractivity contribution is -0.174. The Hall–Kier alpha value is -1.27. The van der Waals surface area contributed by atoms with Crippen LogP contribution in [0.1, 0.15) is 31.9 Å². The van der Waals surface area contributed by atoms with Crippen molar-refractivity contribution in [1.82, 2.24) is 5.32 Å². The van der Waals surface area contributed by atoms with Crippen molar-refractivity contribution in [3.8, 4) is 5.75 Å². The molecule has 120 valence electrons. The Morgan fingerprint density at radius 3 is 2.52 bits per heavy atom. The Bertz CT molecular complexity index is 422. The van der Waals surface area contributed by atoms with Crippen LogP contribution < -0.4 is 10.1 Å². The second kappa shape index (κ2) is 8.24. The van der Waals surface area contributed by atoms with E-state index in [2.05, 4.69) is 10.1 Å². The van der Waals surface area contributed by atoms with Gasteiger partial charge in [0.2, 0.25) is 0 Å². The lowest BCUT2D eigenvalue weighted by Gasteiger charge is -2.18. The van der Waals surface area contributed by atoms with Crippen LogP contribution in [-0.4, -0.2) is 32.5 Å². The van der Waals surface area contributed by atoms with Crippen molar-refractivity contribution >= 4 is 0 Å². The molecule has 1 rings (SSSR count). The minimum atomic E-state index is -4.28. The molecule has 0 aliphatic carbocycles. The molecule has 1 aromatic carbocycles. The third-order valence-electron chi connectivity index (χ3n) is 2.80. The average molecular weight is 305 g/mol. The fraction of sp³-hybridized carbons (Fsp3) is 0.600. The van der Waals surface area contributed by atoms with Crippen LogP contribution in [0.15, 0.2) is 24.3 Å². The van der Waals surface area contributed by atoms with Gasteiger partial charge in [-0.3, -0.25) is 0 Å². The van der Waals surface area contributed by atoms with Crippen molar-refractivity contribution in [2.45, 2.75) is 38.6 Å². The van der Waals surface area contributed by atoms with Crippen LogP contribution in [0.2, 0.25) is 0 Å². The molecule has 0 amide bonds. The van der Waals surface area contributed by atoms with Gasteiger partial charge in [0.05, 0.1) is 6.10 Å². The van der Waals surface area contributed by atoms with E-state index >= 15 is 0 Å². The molecule has 0 saturated carbocycles. The van der Waals surface area contributed by atoms with E-state index in [1.807, 2.05) is 38.1 Å². The van der Waals surface area contributed by atoms with Gasteiger partial charge in [-0.15, -0.1) is 0 Å². The summed E-state index contributed by atoms with van der Waals surface area (Å²) in [7, 11) is 1.77. The van der Waals surface area contributed by atoms with Gasteiger partial charge in [0, 0.05) is 12.6 Å². The minimum absolute atomic E-state index is 0.0419. The second-order valence-electron chi connectivity index (χ2n) is 5.04. The summed E-state index contributed by atoms with van der Waals surface area (Å²) in [6.45, 7) is 2.71. The van der Waals surface area contributed by atoms with Gasteiger partial charge in [-0.1, -0.05) is 12.1 Å². The van der Waals surface area contributed by atoms with E-state index < -0.39 is 12.8 Å². The van der Waals surface area contributed by atoms with Gasteiger partial charge in [0.1, 0.15) is 12.4 Å². The summed E-state index contributed by atoms with van der Waals surface area (Å²) < 4.78 is 46.3. The lowest BCUT2D eigenvalue weighted by atomic mass is 10.0. The first-order valence-electron chi connectivity index (χ1n) is 6.90. The highest BCUT2D eigenvalue weighted by Gasteiger charge is 2.27. The number of halogens is 3. The first kappa shape index (κ1) is 17.8. The number of ether oxygens (including phenoxy) is 2. The van der Waals surface area contributed by atoms with Gasteiger partial charge >= 0.3 is 6.18 Å². The molecule has 0 heterocycles. The molecule has 0 fully saturated rings. The van der Waals surface area contributed by atoms with Crippen molar-refractivity contribution < 1.29 is 22.6 Å².